The Labute approximate surface area is 139 Å². The van der Waals surface area contributed by atoms with Crippen molar-refractivity contribution in [3.63, 3.8) is 0 Å². The van der Waals surface area contributed by atoms with Crippen molar-refractivity contribution < 1.29 is 4.79 Å². The molecule has 2 atom stereocenters. The first-order valence-electron chi connectivity index (χ1n) is 8.97. The highest BCUT2D eigenvalue weighted by Crippen LogP contribution is 2.51. The van der Waals surface area contributed by atoms with E-state index in [9.17, 15) is 4.79 Å². The molecular formula is C18H28Cl2O. The van der Waals surface area contributed by atoms with Gasteiger partial charge in [0.05, 0.1) is 9.75 Å². The molecule has 0 bridgehead atoms. The van der Waals surface area contributed by atoms with Crippen LogP contribution in [0, 0.1) is 11.8 Å². The summed E-state index contributed by atoms with van der Waals surface area (Å²) in [5, 5.41) is 0. The molecule has 3 heteroatoms. The monoisotopic (exact) mass is 330 g/mol. The molecule has 3 saturated carbocycles. The smallest absolute Gasteiger partial charge is 0.142 e. The molecule has 21 heavy (non-hydrogen) atoms. The Morgan fingerprint density at radius 2 is 1.05 bits per heavy atom. The van der Waals surface area contributed by atoms with Crippen molar-refractivity contribution in [3.8, 4) is 0 Å². The summed E-state index contributed by atoms with van der Waals surface area (Å²) in [5.41, 5.74) is 0. The zero-order valence-electron chi connectivity index (χ0n) is 13.0. The number of hydrogen-bond acceptors (Lipinski definition) is 1. The van der Waals surface area contributed by atoms with Gasteiger partial charge in [0, 0.05) is 11.8 Å². The second kappa shape index (κ2) is 6.40. The second-order valence-corrected chi connectivity index (χ2v) is 9.13. The topological polar surface area (TPSA) is 17.1 Å². The molecule has 0 aliphatic heterocycles. The molecule has 3 aliphatic carbocycles. The van der Waals surface area contributed by atoms with Crippen LogP contribution in [0.4, 0.5) is 0 Å². The van der Waals surface area contributed by atoms with Gasteiger partial charge in [0.2, 0.25) is 0 Å². The van der Waals surface area contributed by atoms with Crippen LogP contribution in [-0.4, -0.2) is 15.5 Å². The van der Waals surface area contributed by atoms with Crippen molar-refractivity contribution in [2.24, 2.45) is 11.8 Å². The minimum atomic E-state index is -0.254. The molecule has 0 N–H and O–H groups in total. The van der Waals surface area contributed by atoms with Crippen molar-refractivity contribution in [3.05, 3.63) is 0 Å². The minimum Gasteiger partial charge on any atom is -0.299 e. The number of halogens is 2. The van der Waals surface area contributed by atoms with Crippen LogP contribution < -0.4 is 0 Å². The van der Waals surface area contributed by atoms with Gasteiger partial charge < -0.3 is 0 Å². The number of rotatable bonds is 2. The van der Waals surface area contributed by atoms with Crippen molar-refractivity contribution in [1.29, 1.82) is 0 Å². The first kappa shape index (κ1) is 16.1. The first-order valence-corrected chi connectivity index (χ1v) is 9.72. The van der Waals surface area contributed by atoms with Crippen LogP contribution in [-0.2, 0) is 4.79 Å². The van der Waals surface area contributed by atoms with Crippen molar-refractivity contribution >= 4 is 29.0 Å². The van der Waals surface area contributed by atoms with Crippen molar-refractivity contribution in [2.75, 3.05) is 0 Å². The van der Waals surface area contributed by atoms with Crippen LogP contribution in [0.2, 0.25) is 0 Å². The van der Waals surface area contributed by atoms with Gasteiger partial charge in [0.1, 0.15) is 5.78 Å². The third kappa shape index (κ3) is 3.15. The maximum absolute atomic E-state index is 13.2. The quantitative estimate of drug-likeness (QED) is 0.580. The lowest BCUT2D eigenvalue weighted by atomic mass is 9.64. The fraction of sp³-hybridized carbons (Fsp3) is 0.944. The third-order valence-electron chi connectivity index (χ3n) is 6.29. The van der Waals surface area contributed by atoms with Gasteiger partial charge >= 0.3 is 0 Å². The van der Waals surface area contributed by atoms with Gasteiger partial charge in [-0.25, -0.2) is 0 Å². The van der Waals surface area contributed by atoms with Crippen LogP contribution in [0.25, 0.3) is 0 Å². The molecule has 1 nitrogen and oxygen atoms in total. The molecule has 120 valence electrons. The molecule has 3 fully saturated rings. The Balaban J connectivity index is 1.77. The lowest BCUT2D eigenvalue weighted by Crippen LogP contribution is -2.50. The Morgan fingerprint density at radius 1 is 0.667 bits per heavy atom. The second-order valence-electron chi connectivity index (χ2n) is 7.63. The number of carbonyl (C=O) groups is 1. The molecule has 0 saturated heterocycles. The van der Waals surface area contributed by atoms with Crippen LogP contribution in [0.15, 0.2) is 0 Å². The van der Waals surface area contributed by atoms with Gasteiger partial charge in [-0.1, -0.05) is 44.9 Å². The SMILES string of the molecule is O=C1[C@H](C2(Cl)CCCCC2)CCC[C@@H]1C1(Cl)CCCCC1. The van der Waals surface area contributed by atoms with E-state index in [-0.39, 0.29) is 21.6 Å². The number of carbonyl (C=O) groups excluding carboxylic acids is 1. The first-order chi connectivity index (χ1) is 10.1. The summed E-state index contributed by atoms with van der Waals surface area (Å²) in [6, 6.07) is 0. The van der Waals surface area contributed by atoms with Gasteiger partial charge in [-0.2, -0.15) is 0 Å². The van der Waals surface area contributed by atoms with Gasteiger partial charge in [-0.15, -0.1) is 23.2 Å². The molecule has 3 rings (SSSR count). The number of ketones is 1. The highest BCUT2D eigenvalue weighted by Gasteiger charge is 2.51. The molecule has 0 aromatic heterocycles. The average Bonchev–Trinajstić information content (AvgIpc) is 2.48. The van der Waals surface area contributed by atoms with E-state index in [1.54, 1.807) is 0 Å². The molecular weight excluding hydrogens is 303 g/mol. The lowest BCUT2D eigenvalue weighted by Gasteiger charge is -2.46. The molecule has 0 amide bonds. The van der Waals surface area contributed by atoms with Crippen molar-refractivity contribution in [2.45, 2.75) is 93.2 Å². The Morgan fingerprint density at radius 3 is 1.43 bits per heavy atom. The average molecular weight is 331 g/mol. The molecule has 0 aromatic carbocycles. The Bertz CT molecular complexity index is 347. The van der Waals surface area contributed by atoms with Crippen LogP contribution in [0.5, 0.6) is 0 Å². The molecule has 0 aromatic rings. The predicted octanol–water partition coefficient (Wildman–Crippen LogP) is 5.86. The van der Waals surface area contributed by atoms with E-state index in [1.165, 1.54) is 38.5 Å². The molecule has 0 spiro atoms. The summed E-state index contributed by atoms with van der Waals surface area (Å²) in [7, 11) is 0. The number of alkyl halides is 2. The third-order valence-corrected chi connectivity index (χ3v) is 7.57. The summed E-state index contributed by atoms with van der Waals surface area (Å²) >= 11 is 13.9. The minimum absolute atomic E-state index is 0.0655. The van der Waals surface area contributed by atoms with Gasteiger partial charge in [-0.3, -0.25) is 4.79 Å². The van der Waals surface area contributed by atoms with Crippen molar-refractivity contribution in [1.82, 2.24) is 0 Å². The zero-order chi connectivity index (χ0) is 14.9. The van der Waals surface area contributed by atoms with E-state index in [0.29, 0.717) is 5.78 Å². The number of hydrogen-bond donors (Lipinski definition) is 0. The summed E-state index contributed by atoms with van der Waals surface area (Å²) in [5.74, 6) is 0.543. The number of Topliss-reactive ketones (excluding diaryl/α,β-unsaturated/α-hetero) is 1. The lowest BCUT2D eigenvalue weighted by molar-refractivity contribution is -0.132. The predicted molar refractivity (Wildman–Crippen MR) is 89.2 cm³/mol. The Hall–Kier alpha value is 0.250. The van der Waals surface area contributed by atoms with Gasteiger partial charge in [0.15, 0.2) is 0 Å². The van der Waals surface area contributed by atoms with Crippen LogP contribution >= 0.6 is 23.2 Å². The van der Waals surface area contributed by atoms with Gasteiger partial charge in [-0.05, 0) is 38.5 Å². The standard InChI is InChI=1S/C18H28Cl2O/c19-17(10-3-1-4-11-17)14-8-7-9-15(16(14)21)18(20)12-5-2-6-13-18/h14-15H,1-13H2/t14-,15+. The molecule has 0 unspecified atom stereocenters. The van der Waals surface area contributed by atoms with E-state index >= 15 is 0 Å². The fourth-order valence-electron chi connectivity index (χ4n) is 5.06. The Kier molecular flexibility index (Phi) is 4.91. The molecule has 0 radical (unpaired) electrons. The van der Waals surface area contributed by atoms with E-state index in [4.69, 9.17) is 23.2 Å². The maximum atomic E-state index is 13.2. The summed E-state index contributed by atoms with van der Waals surface area (Å²) in [6.45, 7) is 0. The van der Waals surface area contributed by atoms with Gasteiger partial charge in [0.25, 0.3) is 0 Å². The van der Waals surface area contributed by atoms with E-state index < -0.39 is 0 Å². The normalized spacial score (nSPS) is 36.4. The summed E-state index contributed by atoms with van der Waals surface area (Å²) in [4.78, 5) is 12.7. The van der Waals surface area contributed by atoms with E-state index in [2.05, 4.69) is 0 Å². The highest BCUT2D eigenvalue weighted by atomic mass is 35.5. The fourth-order valence-corrected chi connectivity index (χ4v) is 6.02. The zero-order valence-corrected chi connectivity index (χ0v) is 14.5. The summed E-state index contributed by atoms with van der Waals surface area (Å²) < 4.78 is 0. The molecule has 0 heterocycles. The largest absolute Gasteiger partial charge is 0.299 e. The van der Waals surface area contributed by atoms with E-state index in [1.807, 2.05) is 0 Å². The van der Waals surface area contributed by atoms with Crippen LogP contribution in [0.1, 0.15) is 83.5 Å². The van der Waals surface area contributed by atoms with E-state index in [0.717, 1.165) is 44.9 Å². The summed E-state index contributed by atoms with van der Waals surface area (Å²) in [6.07, 6.45) is 14.5. The maximum Gasteiger partial charge on any atom is 0.142 e. The molecule has 3 aliphatic rings. The van der Waals surface area contributed by atoms with Crippen LogP contribution in [0.3, 0.4) is 0 Å². The highest BCUT2D eigenvalue weighted by molar-refractivity contribution is 6.27.